The number of hydrogen-bond acceptors (Lipinski definition) is 14. The third kappa shape index (κ3) is 10.9. The Kier molecular flexibility index (Phi) is 14.8. The highest BCUT2D eigenvalue weighted by Crippen LogP contribution is 2.46. The molecule has 0 aliphatic carbocycles. The Bertz CT molecular complexity index is 7190. The van der Waals surface area contributed by atoms with Gasteiger partial charge in [0.1, 0.15) is 32.3 Å². The molecule has 8 heterocycles. The number of para-hydroxylation sites is 5. The van der Waals surface area contributed by atoms with E-state index in [1.165, 1.54) is 50.1 Å². The van der Waals surface area contributed by atoms with Crippen LogP contribution >= 0.6 is 45.3 Å². The maximum absolute atomic E-state index is 6.44. The number of furan rings is 2. The number of thiazole rings is 2. The van der Waals surface area contributed by atoms with Crippen LogP contribution in [0.15, 0.2) is 324 Å². The molecule has 0 radical (unpaired) electrons. The summed E-state index contributed by atoms with van der Waals surface area (Å²) in [6.07, 6.45) is 0. The van der Waals surface area contributed by atoms with E-state index in [0.717, 1.165) is 131 Å². The van der Waals surface area contributed by atoms with Gasteiger partial charge in [-0.1, -0.05) is 224 Å². The molecular formula is C92H52N8O2S4. The lowest BCUT2D eigenvalue weighted by atomic mass is 10.00. The van der Waals surface area contributed by atoms with Gasteiger partial charge in [-0.3, -0.25) is 0 Å². The first-order chi connectivity index (χ1) is 52.4. The Balaban J connectivity index is 0.000000136. The van der Waals surface area contributed by atoms with E-state index in [1.807, 2.05) is 127 Å². The van der Waals surface area contributed by atoms with E-state index in [1.54, 1.807) is 45.3 Å². The molecular weight excluding hydrogens is 1380 g/mol. The first kappa shape index (κ1) is 61.6. The molecule has 496 valence electrons. The van der Waals surface area contributed by atoms with Gasteiger partial charge in [-0.15, -0.1) is 45.3 Å². The van der Waals surface area contributed by atoms with Gasteiger partial charge >= 0.3 is 0 Å². The number of hydrogen-bond donors (Lipinski definition) is 0. The summed E-state index contributed by atoms with van der Waals surface area (Å²) in [6.45, 7) is 0. The summed E-state index contributed by atoms with van der Waals surface area (Å²) < 4.78 is 19.9. The number of fused-ring (bicyclic) bond motifs is 14. The van der Waals surface area contributed by atoms with Gasteiger partial charge in [-0.05, 0) is 113 Å². The lowest BCUT2D eigenvalue weighted by Crippen LogP contribution is -2.00. The third-order valence-electron chi connectivity index (χ3n) is 19.6. The molecule has 14 heteroatoms. The predicted octanol–water partition coefficient (Wildman–Crippen LogP) is 26.2. The predicted molar refractivity (Wildman–Crippen MR) is 441 cm³/mol. The molecule has 0 aliphatic rings. The van der Waals surface area contributed by atoms with Crippen molar-refractivity contribution in [2.75, 3.05) is 0 Å². The van der Waals surface area contributed by atoms with Crippen molar-refractivity contribution in [1.82, 2.24) is 39.9 Å². The summed E-state index contributed by atoms with van der Waals surface area (Å²) in [5.74, 6) is 3.68. The van der Waals surface area contributed by atoms with Crippen LogP contribution in [0, 0.1) is 0 Å². The summed E-state index contributed by atoms with van der Waals surface area (Å²) in [6, 6.07) is 109. The molecule has 22 rings (SSSR count). The Labute approximate surface area is 621 Å². The van der Waals surface area contributed by atoms with Crippen LogP contribution in [0.1, 0.15) is 0 Å². The number of benzene rings is 14. The average Bonchev–Trinajstić information content (AvgIpc) is 1.56. The molecule has 10 nitrogen and oxygen atoms in total. The van der Waals surface area contributed by atoms with E-state index < -0.39 is 0 Å². The zero-order valence-electron chi connectivity index (χ0n) is 56.0. The van der Waals surface area contributed by atoms with Crippen LogP contribution in [0.25, 0.3) is 216 Å². The maximum Gasteiger partial charge on any atom is 0.167 e. The van der Waals surface area contributed by atoms with E-state index in [0.29, 0.717) is 34.9 Å². The molecule has 14 aromatic carbocycles. The molecule has 0 saturated carbocycles. The summed E-state index contributed by atoms with van der Waals surface area (Å²) in [4.78, 5) is 40.5. The lowest BCUT2D eigenvalue weighted by molar-refractivity contribution is 0.669. The topological polar surface area (TPSA) is 129 Å². The Morgan fingerprint density at radius 1 is 0.198 bits per heavy atom. The lowest BCUT2D eigenvalue weighted by Gasteiger charge is -2.10. The molecule has 0 spiro atoms. The van der Waals surface area contributed by atoms with Crippen molar-refractivity contribution in [3.8, 4) is 112 Å². The second-order valence-corrected chi connectivity index (χ2v) is 30.3. The largest absolute Gasteiger partial charge is 0.456 e. The first-order valence-corrected chi connectivity index (χ1v) is 38.0. The van der Waals surface area contributed by atoms with Gasteiger partial charge in [0.2, 0.25) is 0 Å². The molecule has 0 bridgehead atoms. The Hall–Kier alpha value is -13.1. The van der Waals surface area contributed by atoms with E-state index in [4.69, 9.17) is 48.7 Å². The monoisotopic (exact) mass is 1430 g/mol. The van der Waals surface area contributed by atoms with Crippen LogP contribution in [-0.4, -0.2) is 39.9 Å². The third-order valence-corrected chi connectivity index (χ3v) is 24.0. The Morgan fingerprint density at radius 2 is 0.575 bits per heavy atom. The molecule has 0 atom stereocenters. The van der Waals surface area contributed by atoms with Crippen LogP contribution in [0.3, 0.4) is 0 Å². The summed E-state index contributed by atoms with van der Waals surface area (Å²) >= 11 is 7.04. The summed E-state index contributed by atoms with van der Waals surface area (Å²) in [5.41, 5.74) is 17.8. The highest BCUT2D eigenvalue weighted by molar-refractivity contribution is 7.26. The zero-order chi connectivity index (χ0) is 69.8. The quantitative estimate of drug-likeness (QED) is 0.130. The minimum atomic E-state index is 0.574. The van der Waals surface area contributed by atoms with E-state index >= 15 is 0 Å². The minimum absolute atomic E-state index is 0.574. The highest BCUT2D eigenvalue weighted by atomic mass is 32.1. The van der Waals surface area contributed by atoms with Gasteiger partial charge in [-0.25, -0.2) is 39.9 Å². The van der Waals surface area contributed by atoms with Crippen molar-refractivity contribution in [3.05, 3.63) is 315 Å². The first-order valence-electron chi connectivity index (χ1n) is 34.7. The fraction of sp³-hybridized carbons (Fsp3) is 0. The molecule has 0 unspecified atom stereocenters. The highest BCUT2D eigenvalue weighted by Gasteiger charge is 2.23. The van der Waals surface area contributed by atoms with Crippen LogP contribution in [0.2, 0.25) is 0 Å². The Morgan fingerprint density at radius 3 is 1.14 bits per heavy atom. The number of aromatic nitrogens is 8. The molecule has 22 aromatic rings. The van der Waals surface area contributed by atoms with Crippen LogP contribution in [-0.2, 0) is 0 Å². The SMILES string of the molecule is c1ccc(-c2nc(-c3ccc4c(c3)oc3ccccc34)nc(-c3cccc4sc5cc(-c6cccc(-c7nc8ccccc8s7)c6)ccc5c34)n2)cc1.c1ccc(-c2nc(-c3cccc4c3oc3ccccc34)nc(-c3cccc4sc5cc(-c6cccc(-c7nc8ccccc8s7)c6)ccc5c34)n2)cc1. The van der Waals surface area contributed by atoms with Crippen LogP contribution < -0.4 is 0 Å². The number of nitrogens with zero attached hydrogens (tertiary/aromatic N) is 8. The molecule has 0 fully saturated rings. The molecule has 0 aliphatic heterocycles. The smallest absolute Gasteiger partial charge is 0.167 e. The van der Waals surface area contributed by atoms with Crippen molar-refractivity contribution in [3.63, 3.8) is 0 Å². The van der Waals surface area contributed by atoms with Gasteiger partial charge in [0, 0.05) is 101 Å². The second-order valence-electron chi connectivity index (χ2n) is 26.1. The van der Waals surface area contributed by atoms with Gasteiger partial charge < -0.3 is 8.83 Å². The molecule has 0 saturated heterocycles. The number of thiophene rings is 2. The van der Waals surface area contributed by atoms with Crippen molar-refractivity contribution in [1.29, 1.82) is 0 Å². The molecule has 8 aromatic heterocycles. The normalized spacial score (nSPS) is 11.8. The fourth-order valence-corrected chi connectivity index (χ4v) is 18.8. The second kappa shape index (κ2) is 25.4. The molecule has 106 heavy (non-hydrogen) atoms. The zero-order valence-corrected chi connectivity index (χ0v) is 59.3. The van der Waals surface area contributed by atoms with Crippen molar-refractivity contribution in [2.24, 2.45) is 0 Å². The van der Waals surface area contributed by atoms with E-state index in [-0.39, 0.29) is 0 Å². The van der Waals surface area contributed by atoms with Gasteiger partial charge in [0.25, 0.3) is 0 Å². The van der Waals surface area contributed by atoms with Crippen LogP contribution in [0.5, 0.6) is 0 Å². The fourth-order valence-electron chi connectivity index (χ4n) is 14.5. The molecule has 0 N–H and O–H groups in total. The van der Waals surface area contributed by atoms with Gasteiger partial charge in [0.15, 0.2) is 34.9 Å². The van der Waals surface area contributed by atoms with Crippen molar-refractivity contribution >= 4 is 150 Å². The summed E-state index contributed by atoms with van der Waals surface area (Å²) in [5, 5.41) is 11.0. The minimum Gasteiger partial charge on any atom is -0.456 e. The standard InChI is InChI=1S/2C46H26N4OS2/c1-2-11-27(12-3-1)43-48-44(50-45(49-43)35-18-9-16-32-31-15-4-6-20-37(31)51-42(32)35)34-17-10-22-39-41(34)33-24-23-29(26-40(33)52-39)28-13-8-14-30(25-28)46-47-36-19-5-7-21-38(36)53-46;1-2-10-27(11-3-1)43-48-44(30-21-22-33-32-14-4-6-17-37(32)51-38(33)25-30)50-45(49-43)35-15-9-19-40-42(35)34-23-20-29(26-41(34)52-40)28-12-8-13-31(24-28)46-47-36-16-5-7-18-39(36)53-46/h2*1-26H. The van der Waals surface area contributed by atoms with Crippen molar-refractivity contribution in [2.45, 2.75) is 0 Å². The summed E-state index contributed by atoms with van der Waals surface area (Å²) in [7, 11) is 0. The maximum atomic E-state index is 6.44. The van der Waals surface area contributed by atoms with Gasteiger partial charge in [0.05, 0.1) is 26.0 Å². The van der Waals surface area contributed by atoms with Gasteiger partial charge in [-0.2, -0.15) is 0 Å². The van der Waals surface area contributed by atoms with Crippen molar-refractivity contribution < 1.29 is 8.83 Å². The number of rotatable bonds is 10. The van der Waals surface area contributed by atoms with E-state index in [9.17, 15) is 0 Å². The van der Waals surface area contributed by atoms with Crippen LogP contribution in [0.4, 0.5) is 0 Å². The average molecular weight is 1430 g/mol. The van der Waals surface area contributed by atoms with E-state index in [2.05, 4.69) is 188 Å². The molecule has 0 amide bonds.